The minimum atomic E-state index is -3.69. The Kier molecular flexibility index (Phi) is 46.4. The summed E-state index contributed by atoms with van der Waals surface area (Å²) in [6.07, 6.45) is 10.6. The molecule has 9 N–H and O–H groups in total. The molecule has 5 aromatic rings. The van der Waals surface area contributed by atoms with Gasteiger partial charge in [-0.3, -0.25) is 33.9 Å². The summed E-state index contributed by atoms with van der Waals surface area (Å²) < 4.78 is 25.4. The van der Waals surface area contributed by atoms with Crippen LogP contribution in [0.4, 0.5) is 0 Å². The molecule has 8 rings (SSSR count). The van der Waals surface area contributed by atoms with E-state index in [0.717, 1.165) is 80.3 Å². The number of rotatable bonds is 19. The SMILES string of the molecule is CC(=O)C(CC(C)C)C[N+](C)(C)C.CCOC=O.Cc1cc2c(cc1C)C1CC(=O)C(CC(C)C)CN1CC2.Cc1cc2c(cc1C)CCN=C2.Cc1ccc(CCNC=O)cc1C.Cl.ClP(Cl)(Cl)(Cl)Cl.NCCc1ccc(O)c(O)c1.O=CNCCc1ccc(O)c(O)c1.[2H]OC([2H])([2H])[2H].[I-]. The smallest absolute Gasteiger partial charge is 0.210 e. The van der Waals surface area contributed by atoms with E-state index in [1.165, 1.54) is 85.5 Å². The van der Waals surface area contributed by atoms with Crippen LogP contribution in [0.15, 0.2) is 83.9 Å². The van der Waals surface area contributed by atoms with Gasteiger partial charge in [0, 0.05) is 64.4 Å². The third-order valence-corrected chi connectivity index (χ3v) is 15.5. The van der Waals surface area contributed by atoms with Gasteiger partial charge in [0.1, 0.15) is 11.6 Å². The maximum atomic E-state index is 12.5. The number of hydrogen-bond acceptors (Lipinski definition) is 14. The number of Topliss-reactive ketones (excluding diaryl/α,β-unsaturated/α-hetero) is 2. The van der Waals surface area contributed by atoms with Crippen molar-refractivity contribution < 1.29 is 86.8 Å². The zero-order valence-corrected chi connectivity index (χ0v) is 67.4. The summed E-state index contributed by atoms with van der Waals surface area (Å²) in [4.78, 5) is 59.8. The molecule has 3 aliphatic heterocycles. The predicted molar refractivity (Wildman–Crippen MR) is 408 cm³/mol. The van der Waals surface area contributed by atoms with Crippen LogP contribution in [0, 0.1) is 65.2 Å². The normalized spacial score (nSPS) is 15.2. The minimum Gasteiger partial charge on any atom is -1.00 e. The number of quaternary nitrogens is 1. The number of piperidine rings is 1. The number of aryl methyl sites for hydroxylation is 6. The van der Waals surface area contributed by atoms with Crippen molar-refractivity contribution in [2.45, 2.75) is 140 Å². The molecule has 0 saturated carbocycles. The van der Waals surface area contributed by atoms with Crippen molar-refractivity contribution >= 4 is 109 Å². The van der Waals surface area contributed by atoms with E-state index in [4.69, 9.17) is 87.9 Å². The molecular formula is C73H112Cl6IN6O11P. The van der Waals surface area contributed by atoms with E-state index < -0.39 is 10.4 Å². The molecule has 3 heterocycles. The van der Waals surface area contributed by atoms with E-state index in [9.17, 15) is 24.0 Å². The van der Waals surface area contributed by atoms with Crippen LogP contribution < -0.4 is 40.3 Å². The largest absolute Gasteiger partial charge is 1.00 e. The monoisotopic (exact) mass is 1620 g/mol. The van der Waals surface area contributed by atoms with Gasteiger partial charge in [0.05, 0.1) is 44.3 Å². The number of aromatic hydroxyl groups is 4. The number of carbonyl (C=O) groups excluding carboxylic acids is 5. The molecule has 3 aliphatic rings. The summed E-state index contributed by atoms with van der Waals surface area (Å²) in [6.45, 7) is 31.8. The van der Waals surface area contributed by atoms with Gasteiger partial charge in [-0.15, -0.1) is 12.4 Å². The topological polar surface area (TPSA) is 261 Å². The molecule has 25 heteroatoms. The Morgan fingerprint density at radius 3 is 1.64 bits per heavy atom. The summed E-state index contributed by atoms with van der Waals surface area (Å²) in [6, 6.07) is 25.2. The zero-order chi connectivity index (χ0) is 76.8. The number of hydrogen-bond donors (Lipinski definition) is 8. The number of amides is 2. The summed E-state index contributed by atoms with van der Waals surface area (Å²) >= 11 is 24.9. The number of carbonyl (C=O) groups is 5. The van der Waals surface area contributed by atoms with E-state index in [0.29, 0.717) is 87.8 Å². The van der Waals surface area contributed by atoms with Crippen molar-refractivity contribution in [3.05, 3.63) is 151 Å². The van der Waals surface area contributed by atoms with Crippen LogP contribution in [0.2, 0.25) is 0 Å². The first-order valence-electron chi connectivity index (χ1n) is 34.0. The third-order valence-electron chi connectivity index (χ3n) is 15.5. The van der Waals surface area contributed by atoms with Crippen LogP contribution >= 0.6 is 72.0 Å². The van der Waals surface area contributed by atoms with Crippen LogP contribution in [0.5, 0.6) is 23.0 Å². The van der Waals surface area contributed by atoms with Crippen LogP contribution in [-0.2, 0) is 60.8 Å². The average Bonchev–Trinajstić information content (AvgIpc) is 0.770. The molecule has 0 aromatic heterocycles. The number of aliphatic imine (C=N–C) groups is 1. The predicted octanol–water partition coefficient (Wildman–Crippen LogP) is 12.2. The fourth-order valence-electron chi connectivity index (χ4n) is 10.4. The van der Waals surface area contributed by atoms with E-state index in [1.807, 2.05) is 6.21 Å². The van der Waals surface area contributed by atoms with Crippen molar-refractivity contribution in [2.75, 3.05) is 80.6 Å². The summed E-state index contributed by atoms with van der Waals surface area (Å²) in [5.74, 6) is 2.09. The van der Waals surface area contributed by atoms with Gasteiger partial charge in [-0.25, -0.2) is 0 Å². The summed E-state index contributed by atoms with van der Waals surface area (Å²) in [5, 5.41) is 44.4. The molecule has 2 amide bonds. The maximum Gasteiger partial charge on any atom is 0.210 e. The number of phenolic OH excluding ortho intramolecular Hbond substituents is 4. The number of nitrogens with one attached hydrogen (secondary N) is 2. The van der Waals surface area contributed by atoms with Crippen molar-refractivity contribution in [1.82, 2.24) is 15.5 Å². The Morgan fingerprint density at radius 2 is 1.21 bits per heavy atom. The molecule has 98 heavy (non-hydrogen) atoms. The molecule has 1 fully saturated rings. The minimum absolute atomic E-state index is 0. The Balaban J connectivity index is -0.00000111. The first kappa shape index (κ1) is 89.5. The number of ketones is 2. The molecule has 5 aromatic carbocycles. The van der Waals surface area contributed by atoms with Crippen molar-refractivity contribution in [3.63, 3.8) is 0 Å². The van der Waals surface area contributed by atoms with Crippen molar-refractivity contribution in [1.29, 1.82) is 1.43 Å². The Bertz CT molecular complexity index is 3270. The van der Waals surface area contributed by atoms with E-state index in [2.05, 4.69) is 163 Å². The molecular weight excluding hydrogens is 1510 g/mol. The van der Waals surface area contributed by atoms with Gasteiger partial charge < -0.3 is 75.1 Å². The third kappa shape index (κ3) is 44.0. The average molecular weight is 1620 g/mol. The van der Waals surface area contributed by atoms with Crippen LogP contribution in [0.1, 0.15) is 143 Å². The summed E-state index contributed by atoms with van der Waals surface area (Å²) in [7, 11) is 3.86. The number of nitrogens with zero attached hydrogens (tertiary/aromatic N) is 3. The molecule has 17 nitrogen and oxygen atoms in total. The maximum absolute atomic E-state index is 12.5. The Morgan fingerprint density at radius 1 is 0.735 bits per heavy atom. The molecule has 1 saturated heterocycles. The number of phenols is 4. The number of aliphatic hydroxyl groups is 1. The fraction of sp³-hybridized carbons (Fsp3) is 0.507. The first-order chi connectivity index (χ1) is 46.4. The van der Waals surface area contributed by atoms with Crippen LogP contribution in [0.3, 0.4) is 0 Å². The van der Waals surface area contributed by atoms with Gasteiger partial charge in [0.15, 0.2) is 23.0 Å². The number of nitrogens with two attached hydrogens (primary N) is 1. The van der Waals surface area contributed by atoms with Gasteiger partial charge in [-0.2, -0.15) is 0 Å². The zero-order valence-electron chi connectivity index (χ0n) is 63.7. The second-order valence-corrected chi connectivity index (χ2v) is 42.3. The van der Waals surface area contributed by atoms with Crippen LogP contribution in [0.25, 0.3) is 0 Å². The Labute approximate surface area is 637 Å². The molecule has 3 atom stereocenters. The molecule has 0 bridgehead atoms. The molecule has 0 aliphatic carbocycles. The second kappa shape index (κ2) is 50.7. The van der Waals surface area contributed by atoms with E-state index in [1.54, 1.807) is 26.0 Å². The van der Waals surface area contributed by atoms with E-state index >= 15 is 0 Å². The van der Waals surface area contributed by atoms with Gasteiger partial charge >= 0.3 is 59.6 Å². The standard InChI is InChI=1S/C19H27NO.C11H15NO.C11H24NO.C11H13N.C9H11NO3.C8H11NO2.C3H6O2.CH4O.Cl5P.ClH.HI/c1-12(2)7-16-11-20-6-5-15-8-13(3)14(4)9-17(15)18(20)10-19(16)21;1-9-3-4-11(7-10(9)2)5-6-12-8-13;1-9(2)7-11(10(3)13)8-12(4,5)6;1-8-5-10-3-4-12-7-11(10)6-9(8)2;11-6-10-4-3-7-1-2-8(12)9(13)5-7;9-4-3-6-1-2-7(10)8(11)5-6;1-2-5-3-4;1-2;1-6(2,3,4)5;;/h8-9,12,16,18H,5-7,10-11H2,1-4H3;3-4,7-8H,5-6H2,1-2H3,(H,12,13);9,11H,7-8H2,1-6H3;5-7H,3-4H2,1-2H3;1-2,5-6,12-13H,3-4H2,(H,10,11);1-2,5,10-11H,3-4,9H2;3H,2H2,1H3;2H,1H3;;2*1H/q;;+1;;;;;;;;/p-1/i;;;;;;;1D3,2D;;;. The summed E-state index contributed by atoms with van der Waals surface area (Å²) in [5.41, 5.74) is 22.1. The molecule has 0 spiro atoms. The van der Waals surface area contributed by atoms with Gasteiger partial charge in [0.25, 0.3) is 6.47 Å². The van der Waals surface area contributed by atoms with Gasteiger partial charge in [0.2, 0.25) is 14.3 Å². The van der Waals surface area contributed by atoms with Gasteiger partial charge in [-0.05, 0) is 221 Å². The van der Waals surface area contributed by atoms with Gasteiger partial charge in [-0.1, -0.05) is 76.2 Å². The number of fused-ring (bicyclic) bond motifs is 4. The van der Waals surface area contributed by atoms with Crippen molar-refractivity contribution in [2.24, 2.45) is 34.4 Å². The number of halogens is 7. The molecule has 3 unspecified atom stereocenters. The number of benzene rings is 5. The fourth-order valence-corrected chi connectivity index (χ4v) is 10.4. The Hall–Kier alpha value is -4.54. The van der Waals surface area contributed by atoms with Crippen LogP contribution in [-0.4, -0.2) is 154 Å². The second-order valence-electron chi connectivity index (χ2n) is 25.7. The molecule has 0 radical (unpaired) electrons. The van der Waals surface area contributed by atoms with Crippen molar-refractivity contribution in [3.8, 4) is 23.0 Å². The number of ether oxygens (including phenoxy) is 1. The first-order valence-corrected chi connectivity index (χ1v) is 38.8. The quantitative estimate of drug-likeness (QED) is 0.00956. The van der Waals surface area contributed by atoms with E-state index in [-0.39, 0.29) is 71.2 Å². The molecule has 554 valence electrons.